The van der Waals surface area contributed by atoms with Crippen molar-refractivity contribution in [3.63, 3.8) is 0 Å². The first kappa shape index (κ1) is 19.6. The largest absolute Gasteiger partial charge is 0.495 e. The van der Waals surface area contributed by atoms with E-state index in [4.69, 9.17) is 26.1 Å². The topological polar surface area (TPSA) is 64.6 Å². The van der Waals surface area contributed by atoms with Crippen molar-refractivity contribution >= 4 is 55.5 Å². The smallest absolute Gasteiger partial charge is 0.270 e. The Labute approximate surface area is 180 Å². The van der Waals surface area contributed by atoms with Crippen molar-refractivity contribution in [2.45, 2.75) is 6.54 Å². The Balaban J connectivity index is 1.83. The molecule has 0 atom stereocenters. The van der Waals surface area contributed by atoms with Crippen molar-refractivity contribution in [1.29, 1.82) is 0 Å². The Kier molecular flexibility index (Phi) is 5.66. The molecule has 0 unspecified atom stereocenters. The molecule has 0 N–H and O–H groups in total. The van der Waals surface area contributed by atoms with E-state index in [1.807, 2.05) is 18.2 Å². The number of hydrogen-bond donors (Lipinski definition) is 0. The normalized spacial score (nSPS) is 10.9. The van der Waals surface area contributed by atoms with Crippen LogP contribution in [-0.4, -0.2) is 30.1 Å². The third kappa shape index (κ3) is 3.91. The zero-order valence-corrected chi connectivity index (χ0v) is 18.0. The van der Waals surface area contributed by atoms with Crippen LogP contribution in [0.3, 0.4) is 0 Å². The second-order valence-electron chi connectivity index (χ2n) is 6.00. The number of halogens is 1. The van der Waals surface area contributed by atoms with Gasteiger partial charge < -0.3 is 9.47 Å². The zero-order valence-electron chi connectivity index (χ0n) is 15.6. The number of fused-ring (bicyclic) bond motifs is 1. The molecule has 0 aliphatic heterocycles. The molecule has 29 heavy (non-hydrogen) atoms. The highest BCUT2D eigenvalue weighted by atomic mass is 35.5. The SMILES string of the molecule is COc1ccc(OC)c2sc(N(Cc3cccnc3)C(=O)c3ccc(Cl)s3)nc12. The van der Waals surface area contributed by atoms with E-state index in [1.165, 1.54) is 22.7 Å². The Morgan fingerprint density at radius 1 is 1.10 bits per heavy atom. The van der Waals surface area contributed by atoms with Crippen LogP contribution in [0.15, 0.2) is 48.8 Å². The molecule has 4 rings (SSSR count). The van der Waals surface area contributed by atoms with Gasteiger partial charge in [-0.3, -0.25) is 14.7 Å². The average Bonchev–Trinajstić information content (AvgIpc) is 3.38. The summed E-state index contributed by atoms with van der Waals surface area (Å²) in [6, 6.07) is 10.8. The number of carbonyl (C=O) groups excluding carboxylic acids is 1. The highest BCUT2D eigenvalue weighted by Crippen LogP contribution is 2.41. The van der Waals surface area contributed by atoms with E-state index in [0.717, 1.165) is 10.3 Å². The van der Waals surface area contributed by atoms with Crippen LogP contribution >= 0.6 is 34.3 Å². The standard InChI is InChI=1S/C20H16ClN3O3S2/c1-26-13-5-6-14(27-2)18-17(13)23-20(29-18)24(11-12-4-3-9-22-10-12)19(25)15-7-8-16(21)28-15/h3-10H,11H2,1-2H3. The van der Waals surface area contributed by atoms with Crippen LogP contribution in [0.5, 0.6) is 11.5 Å². The van der Waals surface area contributed by atoms with E-state index < -0.39 is 0 Å². The molecule has 0 saturated carbocycles. The molecule has 1 aromatic carbocycles. The van der Waals surface area contributed by atoms with Gasteiger partial charge in [-0.25, -0.2) is 4.98 Å². The molecule has 4 aromatic rings. The van der Waals surface area contributed by atoms with Crippen LogP contribution in [-0.2, 0) is 6.54 Å². The molecule has 0 fully saturated rings. The lowest BCUT2D eigenvalue weighted by atomic mass is 10.2. The third-order valence-corrected chi connectivity index (χ3v) is 6.53. The number of carbonyl (C=O) groups is 1. The number of amides is 1. The predicted octanol–water partition coefficient (Wildman–Crippen LogP) is 5.27. The summed E-state index contributed by atoms with van der Waals surface area (Å²) < 4.78 is 12.3. The maximum Gasteiger partial charge on any atom is 0.270 e. The van der Waals surface area contributed by atoms with E-state index in [0.29, 0.717) is 37.9 Å². The first-order chi connectivity index (χ1) is 14.1. The van der Waals surface area contributed by atoms with Crippen LogP contribution in [0, 0.1) is 0 Å². The molecule has 0 aliphatic carbocycles. The molecular formula is C20H16ClN3O3S2. The lowest BCUT2D eigenvalue weighted by molar-refractivity contribution is 0.0989. The van der Waals surface area contributed by atoms with Gasteiger partial charge in [0.05, 0.1) is 30.0 Å². The van der Waals surface area contributed by atoms with Gasteiger partial charge in [0.25, 0.3) is 5.91 Å². The minimum atomic E-state index is -0.178. The summed E-state index contributed by atoms with van der Waals surface area (Å²) in [4.78, 5) is 24.3. The van der Waals surface area contributed by atoms with E-state index in [1.54, 1.807) is 49.7 Å². The van der Waals surface area contributed by atoms with E-state index >= 15 is 0 Å². The molecule has 148 valence electrons. The molecule has 0 saturated heterocycles. The molecule has 9 heteroatoms. The minimum Gasteiger partial charge on any atom is -0.495 e. The first-order valence-electron chi connectivity index (χ1n) is 8.58. The van der Waals surface area contributed by atoms with E-state index in [9.17, 15) is 4.79 Å². The highest BCUT2D eigenvalue weighted by Gasteiger charge is 2.25. The van der Waals surface area contributed by atoms with Gasteiger partial charge in [0.1, 0.15) is 21.7 Å². The fraction of sp³-hybridized carbons (Fsp3) is 0.150. The quantitative estimate of drug-likeness (QED) is 0.404. The summed E-state index contributed by atoms with van der Waals surface area (Å²) in [5.41, 5.74) is 1.54. The number of rotatable bonds is 6. The minimum absolute atomic E-state index is 0.178. The number of nitrogens with zero attached hydrogens (tertiary/aromatic N) is 3. The van der Waals surface area contributed by atoms with Crippen molar-refractivity contribution in [2.24, 2.45) is 0 Å². The Morgan fingerprint density at radius 2 is 1.90 bits per heavy atom. The highest BCUT2D eigenvalue weighted by molar-refractivity contribution is 7.23. The lowest BCUT2D eigenvalue weighted by Crippen LogP contribution is -2.29. The van der Waals surface area contributed by atoms with Crippen LogP contribution in [0.1, 0.15) is 15.2 Å². The van der Waals surface area contributed by atoms with Crippen molar-refractivity contribution < 1.29 is 14.3 Å². The molecule has 1 amide bonds. The van der Waals surface area contributed by atoms with Gasteiger partial charge in [-0.1, -0.05) is 29.0 Å². The van der Waals surface area contributed by atoms with Crippen LogP contribution in [0.25, 0.3) is 10.2 Å². The molecular weight excluding hydrogens is 430 g/mol. The van der Waals surface area contributed by atoms with Crippen molar-refractivity contribution in [3.8, 4) is 11.5 Å². The Morgan fingerprint density at radius 3 is 2.55 bits per heavy atom. The monoisotopic (exact) mass is 445 g/mol. The second kappa shape index (κ2) is 8.36. The second-order valence-corrected chi connectivity index (χ2v) is 8.69. The number of aromatic nitrogens is 2. The van der Waals surface area contributed by atoms with Gasteiger partial charge in [0.15, 0.2) is 5.13 Å². The zero-order chi connectivity index (χ0) is 20.4. The number of thiophene rings is 1. The molecule has 0 aliphatic rings. The maximum absolute atomic E-state index is 13.3. The first-order valence-corrected chi connectivity index (χ1v) is 10.6. The molecule has 0 spiro atoms. The summed E-state index contributed by atoms with van der Waals surface area (Å²) in [5.74, 6) is 1.12. The molecule has 0 radical (unpaired) electrons. The number of thiazole rings is 1. The third-order valence-electron chi connectivity index (χ3n) is 4.22. The Bertz CT molecular complexity index is 1120. The number of methoxy groups -OCH3 is 2. The van der Waals surface area contributed by atoms with Crippen LogP contribution in [0.4, 0.5) is 5.13 Å². The number of pyridine rings is 1. The number of hydrogen-bond acceptors (Lipinski definition) is 7. The fourth-order valence-electron chi connectivity index (χ4n) is 2.85. The van der Waals surface area contributed by atoms with Crippen molar-refractivity contribution in [2.75, 3.05) is 19.1 Å². The molecule has 6 nitrogen and oxygen atoms in total. The maximum atomic E-state index is 13.3. The molecule has 3 heterocycles. The van der Waals surface area contributed by atoms with Gasteiger partial charge in [-0.2, -0.15) is 0 Å². The number of anilines is 1. The molecule has 3 aromatic heterocycles. The summed E-state index contributed by atoms with van der Waals surface area (Å²) in [5, 5.41) is 0.543. The summed E-state index contributed by atoms with van der Waals surface area (Å²) in [7, 11) is 3.19. The van der Waals surface area contributed by atoms with Crippen molar-refractivity contribution in [1.82, 2.24) is 9.97 Å². The van der Waals surface area contributed by atoms with E-state index in [2.05, 4.69) is 4.98 Å². The van der Waals surface area contributed by atoms with Gasteiger partial charge in [0.2, 0.25) is 0 Å². The molecule has 0 bridgehead atoms. The van der Waals surface area contributed by atoms with Gasteiger partial charge in [0, 0.05) is 12.4 Å². The van der Waals surface area contributed by atoms with Gasteiger partial charge in [-0.15, -0.1) is 11.3 Å². The average molecular weight is 446 g/mol. The van der Waals surface area contributed by atoms with Crippen molar-refractivity contribution in [3.05, 3.63) is 63.6 Å². The summed E-state index contributed by atoms with van der Waals surface area (Å²) >= 11 is 8.66. The van der Waals surface area contributed by atoms with Crippen LogP contribution < -0.4 is 14.4 Å². The number of benzene rings is 1. The Hall–Kier alpha value is -2.68. The van der Waals surface area contributed by atoms with Crippen LogP contribution in [0.2, 0.25) is 4.34 Å². The lowest BCUT2D eigenvalue weighted by Gasteiger charge is -2.19. The van der Waals surface area contributed by atoms with Gasteiger partial charge in [-0.05, 0) is 35.9 Å². The van der Waals surface area contributed by atoms with Gasteiger partial charge >= 0.3 is 0 Å². The fourth-order valence-corrected chi connectivity index (χ4v) is 4.92. The number of ether oxygens (including phenoxy) is 2. The summed E-state index contributed by atoms with van der Waals surface area (Å²) in [6.07, 6.45) is 3.43. The summed E-state index contributed by atoms with van der Waals surface area (Å²) in [6.45, 7) is 0.326. The van der Waals surface area contributed by atoms with E-state index in [-0.39, 0.29) is 5.91 Å². The predicted molar refractivity (Wildman–Crippen MR) is 117 cm³/mol.